The summed E-state index contributed by atoms with van der Waals surface area (Å²) in [6.07, 6.45) is 2.08. The molecule has 4 nitrogen and oxygen atoms in total. The molecule has 23 heavy (non-hydrogen) atoms. The third-order valence-corrected chi connectivity index (χ3v) is 4.20. The van der Waals surface area contributed by atoms with Crippen molar-refractivity contribution in [1.29, 1.82) is 0 Å². The molecule has 2 unspecified atom stereocenters. The summed E-state index contributed by atoms with van der Waals surface area (Å²) in [5, 5.41) is 8.04. The Hall–Kier alpha value is -1.07. The maximum Gasteiger partial charge on any atom is 0.270 e. The highest BCUT2D eigenvalue weighted by molar-refractivity contribution is 6.31. The van der Waals surface area contributed by atoms with E-state index in [0.717, 1.165) is 30.3 Å². The minimum Gasteiger partial charge on any atom is -0.346 e. The van der Waals surface area contributed by atoms with E-state index in [2.05, 4.69) is 22.5 Å². The van der Waals surface area contributed by atoms with Crippen molar-refractivity contribution in [1.82, 2.24) is 15.6 Å². The van der Waals surface area contributed by atoms with Gasteiger partial charge in [0.05, 0.1) is 5.52 Å². The normalized spacial score (nSPS) is 20.3. The second-order valence-electron chi connectivity index (χ2n) is 5.50. The lowest BCUT2D eigenvalue weighted by atomic mass is 10.00. The molecule has 1 fully saturated rings. The van der Waals surface area contributed by atoms with Gasteiger partial charge in [-0.15, -0.1) is 24.8 Å². The topological polar surface area (TPSA) is 54.0 Å². The zero-order valence-corrected chi connectivity index (χ0v) is 15.1. The number of hydrogen-bond donors (Lipinski definition) is 2. The zero-order valence-electron chi connectivity index (χ0n) is 12.7. The number of benzene rings is 1. The molecule has 0 radical (unpaired) electrons. The molecular formula is C16H20Cl3N3O. The second kappa shape index (κ2) is 8.69. The van der Waals surface area contributed by atoms with Crippen LogP contribution in [0.5, 0.6) is 0 Å². The van der Waals surface area contributed by atoms with Crippen LogP contribution in [-0.4, -0.2) is 29.5 Å². The predicted octanol–water partition coefficient (Wildman–Crippen LogP) is 3.60. The summed E-state index contributed by atoms with van der Waals surface area (Å²) in [5.74, 6) is -0.127. The SMILES string of the molecule is CC1NCCCC1NC(=O)c1ccc2ccc(Cl)cc2n1.Cl.Cl. The van der Waals surface area contributed by atoms with Crippen LogP contribution in [0.15, 0.2) is 30.3 Å². The predicted molar refractivity (Wildman–Crippen MR) is 99.2 cm³/mol. The highest BCUT2D eigenvalue weighted by atomic mass is 35.5. The third kappa shape index (κ3) is 4.70. The van der Waals surface area contributed by atoms with Crippen LogP contribution >= 0.6 is 36.4 Å². The molecule has 7 heteroatoms. The first-order valence-electron chi connectivity index (χ1n) is 7.24. The number of nitrogens with one attached hydrogen (secondary N) is 2. The molecule has 0 spiro atoms. The Labute approximate surface area is 153 Å². The Morgan fingerprint density at radius 3 is 2.78 bits per heavy atom. The van der Waals surface area contributed by atoms with Gasteiger partial charge in [-0.2, -0.15) is 0 Å². The van der Waals surface area contributed by atoms with E-state index in [9.17, 15) is 4.79 Å². The number of fused-ring (bicyclic) bond motifs is 1. The van der Waals surface area contributed by atoms with Crippen LogP contribution in [0.2, 0.25) is 5.02 Å². The van der Waals surface area contributed by atoms with Gasteiger partial charge < -0.3 is 10.6 Å². The van der Waals surface area contributed by atoms with Crippen molar-refractivity contribution in [3.8, 4) is 0 Å². The van der Waals surface area contributed by atoms with E-state index in [4.69, 9.17) is 11.6 Å². The number of pyridine rings is 1. The molecule has 0 bridgehead atoms. The van der Waals surface area contributed by atoms with Crippen molar-refractivity contribution >= 4 is 53.2 Å². The Morgan fingerprint density at radius 1 is 1.30 bits per heavy atom. The summed E-state index contributed by atoms with van der Waals surface area (Å²) < 4.78 is 0. The summed E-state index contributed by atoms with van der Waals surface area (Å²) in [6, 6.07) is 9.60. The first-order valence-corrected chi connectivity index (χ1v) is 7.62. The van der Waals surface area contributed by atoms with Crippen LogP contribution in [0.3, 0.4) is 0 Å². The maximum absolute atomic E-state index is 12.4. The fourth-order valence-corrected chi connectivity index (χ4v) is 2.87. The summed E-state index contributed by atoms with van der Waals surface area (Å²) in [7, 11) is 0. The summed E-state index contributed by atoms with van der Waals surface area (Å²) in [5.41, 5.74) is 1.17. The molecule has 2 atom stereocenters. The molecule has 1 saturated heterocycles. The first kappa shape index (κ1) is 20.0. The number of aromatic nitrogens is 1. The highest BCUT2D eigenvalue weighted by Crippen LogP contribution is 2.18. The standard InChI is InChI=1S/C16H18ClN3O.2ClH/c1-10-13(3-2-8-18-10)20-16(21)14-7-5-11-4-6-12(17)9-15(11)19-14;;/h4-7,9-10,13,18H,2-3,8H2,1H3,(H,20,21);2*1H. The highest BCUT2D eigenvalue weighted by Gasteiger charge is 2.23. The molecule has 3 rings (SSSR count). The van der Waals surface area contributed by atoms with Crippen LogP contribution < -0.4 is 10.6 Å². The fourth-order valence-electron chi connectivity index (χ4n) is 2.70. The lowest BCUT2D eigenvalue weighted by molar-refractivity contribution is 0.0915. The monoisotopic (exact) mass is 375 g/mol. The van der Waals surface area contributed by atoms with Crippen LogP contribution in [0, 0.1) is 0 Å². The quantitative estimate of drug-likeness (QED) is 0.842. The number of carbonyl (C=O) groups is 1. The molecule has 1 aliphatic rings. The second-order valence-corrected chi connectivity index (χ2v) is 5.93. The van der Waals surface area contributed by atoms with Crippen molar-refractivity contribution in [3.63, 3.8) is 0 Å². The number of amides is 1. The van der Waals surface area contributed by atoms with Gasteiger partial charge in [0.2, 0.25) is 0 Å². The summed E-state index contributed by atoms with van der Waals surface area (Å²) >= 11 is 5.98. The molecule has 1 aromatic carbocycles. The van der Waals surface area contributed by atoms with E-state index in [1.54, 1.807) is 12.1 Å². The maximum atomic E-state index is 12.4. The van der Waals surface area contributed by atoms with Gasteiger partial charge in [-0.1, -0.05) is 23.7 Å². The van der Waals surface area contributed by atoms with Crippen molar-refractivity contribution in [3.05, 3.63) is 41.0 Å². The molecule has 126 valence electrons. The van der Waals surface area contributed by atoms with Gasteiger partial charge in [-0.25, -0.2) is 4.98 Å². The number of nitrogens with zero attached hydrogens (tertiary/aromatic N) is 1. The van der Waals surface area contributed by atoms with E-state index < -0.39 is 0 Å². The molecule has 0 saturated carbocycles. The van der Waals surface area contributed by atoms with E-state index in [1.165, 1.54) is 0 Å². The fraction of sp³-hybridized carbons (Fsp3) is 0.375. The van der Waals surface area contributed by atoms with Crippen molar-refractivity contribution in [2.24, 2.45) is 0 Å². The number of piperidine rings is 1. The van der Waals surface area contributed by atoms with Gasteiger partial charge in [0, 0.05) is 22.5 Å². The largest absolute Gasteiger partial charge is 0.346 e. The van der Waals surface area contributed by atoms with Crippen LogP contribution in [-0.2, 0) is 0 Å². The number of carbonyl (C=O) groups excluding carboxylic acids is 1. The van der Waals surface area contributed by atoms with Crippen LogP contribution in [0.25, 0.3) is 10.9 Å². The van der Waals surface area contributed by atoms with Gasteiger partial charge in [0.15, 0.2) is 0 Å². The molecule has 0 aliphatic carbocycles. The molecule has 1 amide bonds. The molecule has 1 aliphatic heterocycles. The van der Waals surface area contributed by atoms with Crippen LogP contribution in [0.4, 0.5) is 0 Å². The van der Waals surface area contributed by atoms with E-state index in [-0.39, 0.29) is 42.8 Å². The average Bonchev–Trinajstić information content (AvgIpc) is 2.48. The van der Waals surface area contributed by atoms with E-state index in [0.29, 0.717) is 10.7 Å². The van der Waals surface area contributed by atoms with Gasteiger partial charge in [-0.3, -0.25) is 4.79 Å². The summed E-state index contributed by atoms with van der Waals surface area (Å²) in [4.78, 5) is 16.8. The third-order valence-electron chi connectivity index (χ3n) is 3.97. The van der Waals surface area contributed by atoms with Crippen LogP contribution in [0.1, 0.15) is 30.3 Å². The molecular weight excluding hydrogens is 357 g/mol. The summed E-state index contributed by atoms with van der Waals surface area (Å²) in [6.45, 7) is 3.11. The zero-order chi connectivity index (χ0) is 14.8. The lowest BCUT2D eigenvalue weighted by Gasteiger charge is -2.30. The molecule has 2 N–H and O–H groups in total. The molecule has 2 heterocycles. The van der Waals surface area contributed by atoms with Crippen molar-refractivity contribution < 1.29 is 4.79 Å². The average molecular weight is 377 g/mol. The number of halogens is 3. The Bertz CT molecular complexity index is 681. The van der Waals surface area contributed by atoms with Gasteiger partial charge in [0.25, 0.3) is 5.91 Å². The number of hydrogen-bond acceptors (Lipinski definition) is 3. The molecule has 2 aromatic rings. The minimum atomic E-state index is -0.127. The molecule has 1 aromatic heterocycles. The Kier molecular flexibility index (Phi) is 7.55. The number of rotatable bonds is 2. The van der Waals surface area contributed by atoms with E-state index >= 15 is 0 Å². The van der Waals surface area contributed by atoms with Gasteiger partial charge in [-0.05, 0) is 44.5 Å². The smallest absolute Gasteiger partial charge is 0.270 e. The van der Waals surface area contributed by atoms with Gasteiger partial charge >= 0.3 is 0 Å². The Morgan fingerprint density at radius 2 is 2.04 bits per heavy atom. The minimum absolute atomic E-state index is 0. The lowest BCUT2D eigenvalue weighted by Crippen LogP contribution is -2.52. The Balaban J connectivity index is 0.00000132. The van der Waals surface area contributed by atoms with E-state index in [1.807, 2.05) is 18.2 Å². The van der Waals surface area contributed by atoms with Crippen molar-refractivity contribution in [2.75, 3.05) is 6.54 Å². The van der Waals surface area contributed by atoms with Crippen molar-refractivity contribution in [2.45, 2.75) is 31.8 Å². The van der Waals surface area contributed by atoms with Gasteiger partial charge in [0.1, 0.15) is 5.69 Å². The first-order chi connectivity index (χ1) is 10.1.